The number of benzene rings is 3. The third-order valence-corrected chi connectivity index (χ3v) is 6.78. The van der Waals surface area contributed by atoms with Crippen molar-refractivity contribution in [3.8, 4) is 5.75 Å². The van der Waals surface area contributed by atoms with Crippen molar-refractivity contribution in [1.82, 2.24) is 10.2 Å². The zero-order valence-corrected chi connectivity index (χ0v) is 25.0. The average molecular weight is 565 g/mol. The Kier molecular flexibility index (Phi) is 12.9. The Balaban J connectivity index is 0.000000868. The highest BCUT2D eigenvalue weighted by Gasteiger charge is 2.18. The highest BCUT2D eigenvalue weighted by Crippen LogP contribution is 2.32. The summed E-state index contributed by atoms with van der Waals surface area (Å²) >= 11 is 0. The van der Waals surface area contributed by atoms with Gasteiger partial charge in [-0.2, -0.15) is 0 Å². The van der Waals surface area contributed by atoms with Crippen molar-refractivity contribution in [1.29, 1.82) is 0 Å². The van der Waals surface area contributed by atoms with Gasteiger partial charge in [-0.25, -0.2) is 4.39 Å². The first kappa shape index (κ1) is 31.9. The van der Waals surface area contributed by atoms with E-state index < -0.39 is 5.82 Å². The molecule has 0 spiro atoms. The number of hydrogen-bond acceptors (Lipinski definition) is 5. The molecule has 3 aromatic carbocycles. The Bertz CT molecular complexity index is 1280. The molecule has 2 N–H and O–H groups in total. The topological polar surface area (TPSA) is 73.9 Å². The minimum absolute atomic E-state index is 0.0353. The number of anilines is 2. The van der Waals surface area contributed by atoms with E-state index in [9.17, 15) is 14.0 Å². The first-order valence-electron chi connectivity index (χ1n) is 15.0. The van der Waals surface area contributed by atoms with E-state index in [2.05, 4.69) is 34.3 Å². The van der Waals surface area contributed by atoms with E-state index in [1.54, 1.807) is 6.07 Å². The summed E-state index contributed by atoms with van der Waals surface area (Å²) in [5, 5.41) is 7.50. The van der Waals surface area contributed by atoms with Gasteiger partial charge in [0.1, 0.15) is 18.2 Å². The number of fused-ring (bicyclic) bond motifs is 1. The van der Waals surface area contributed by atoms with Crippen molar-refractivity contribution >= 4 is 34.0 Å². The molecule has 8 heteroatoms. The van der Waals surface area contributed by atoms with Gasteiger partial charge < -0.3 is 20.3 Å². The molecule has 222 valence electrons. The molecule has 0 unspecified atom stereocenters. The van der Waals surface area contributed by atoms with Crippen LogP contribution < -0.4 is 20.3 Å². The SMILES string of the molecule is CC.CCC.O=C1CN(CCOc2ccc(NC(=O)c3cc(F)cc(N4CCCCC4)c3)c3ccccc23)CCN1. The number of rotatable bonds is 7. The lowest BCUT2D eigenvalue weighted by molar-refractivity contribution is -0.124. The number of ether oxygens (including phenoxy) is 1. The van der Waals surface area contributed by atoms with Gasteiger partial charge >= 0.3 is 0 Å². The first-order valence-corrected chi connectivity index (χ1v) is 15.0. The molecule has 2 aliphatic heterocycles. The maximum absolute atomic E-state index is 14.4. The van der Waals surface area contributed by atoms with Gasteiger partial charge in [0.05, 0.1) is 6.54 Å². The summed E-state index contributed by atoms with van der Waals surface area (Å²) < 4.78 is 20.5. The second-order valence-corrected chi connectivity index (χ2v) is 10.0. The van der Waals surface area contributed by atoms with Crippen LogP contribution in [0, 0.1) is 5.82 Å². The van der Waals surface area contributed by atoms with Crippen LogP contribution in [0.15, 0.2) is 54.6 Å². The van der Waals surface area contributed by atoms with Gasteiger partial charge in [0.25, 0.3) is 5.91 Å². The van der Waals surface area contributed by atoms with E-state index in [-0.39, 0.29) is 11.8 Å². The van der Waals surface area contributed by atoms with E-state index in [0.29, 0.717) is 43.2 Å². The zero-order chi connectivity index (χ0) is 29.6. The molecule has 0 atom stereocenters. The lowest BCUT2D eigenvalue weighted by Crippen LogP contribution is -2.48. The zero-order valence-electron chi connectivity index (χ0n) is 25.0. The van der Waals surface area contributed by atoms with Gasteiger partial charge in [0, 0.05) is 60.4 Å². The van der Waals surface area contributed by atoms with Gasteiger partial charge in [0.2, 0.25) is 5.91 Å². The number of nitrogens with zero attached hydrogens (tertiary/aromatic N) is 2. The van der Waals surface area contributed by atoms with E-state index in [4.69, 9.17) is 4.74 Å². The monoisotopic (exact) mass is 564 g/mol. The van der Waals surface area contributed by atoms with Crippen LogP contribution in [0.2, 0.25) is 0 Å². The molecule has 3 aromatic rings. The molecule has 2 fully saturated rings. The number of carbonyl (C=O) groups excluding carboxylic acids is 2. The van der Waals surface area contributed by atoms with Gasteiger partial charge in [-0.1, -0.05) is 58.4 Å². The quantitative estimate of drug-likeness (QED) is 0.344. The molecule has 0 aromatic heterocycles. The van der Waals surface area contributed by atoms with Crippen LogP contribution in [-0.4, -0.2) is 62.6 Å². The standard InChI is InChI=1S/C28H31FN4O3.C3H8.C2H6/c29-21-16-20(17-22(18-21)33-11-4-1-5-12-33)28(35)31-25-8-9-26(24-7-3-2-6-23(24)25)36-15-14-32-13-10-30-27(34)19-32;1-3-2;1-2/h2-3,6-9,16-18H,1,4-5,10-15,19H2,(H,30,34)(H,31,35);3H2,1-2H3;1-2H3. The van der Waals surface area contributed by atoms with Crippen LogP contribution in [0.25, 0.3) is 10.8 Å². The van der Waals surface area contributed by atoms with Crippen molar-refractivity contribution in [3.63, 3.8) is 0 Å². The van der Waals surface area contributed by atoms with Crippen molar-refractivity contribution in [2.45, 2.75) is 53.4 Å². The number of halogens is 1. The number of carbonyl (C=O) groups is 2. The minimum Gasteiger partial charge on any atom is -0.492 e. The van der Waals surface area contributed by atoms with Gasteiger partial charge in [0.15, 0.2) is 0 Å². The summed E-state index contributed by atoms with van der Waals surface area (Å²) in [6.07, 6.45) is 4.58. The molecular weight excluding hydrogens is 519 g/mol. The van der Waals surface area contributed by atoms with E-state index in [0.717, 1.165) is 48.9 Å². The molecule has 2 aliphatic rings. The highest BCUT2D eigenvalue weighted by molar-refractivity contribution is 6.10. The van der Waals surface area contributed by atoms with E-state index in [1.165, 1.54) is 25.0 Å². The molecule has 2 saturated heterocycles. The largest absolute Gasteiger partial charge is 0.492 e. The Morgan fingerprint density at radius 3 is 2.39 bits per heavy atom. The number of hydrogen-bond donors (Lipinski definition) is 2. The molecule has 2 heterocycles. The lowest BCUT2D eigenvalue weighted by Gasteiger charge is -2.29. The molecular formula is C33H45FN4O3. The Labute approximate surface area is 244 Å². The van der Waals surface area contributed by atoms with Crippen LogP contribution in [0.5, 0.6) is 5.75 Å². The summed E-state index contributed by atoms with van der Waals surface area (Å²) in [7, 11) is 0. The third-order valence-electron chi connectivity index (χ3n) is 6.78. The van der Waals surface area contributed by atoms with E-state index in [1.807, 2.05) is 50.2 Å². The molecule has 7 nitrogen and oxygen atoms in total. The fourth-order valence-corrected chi connectivity index (χ4v) is 4.91. The Morgan fingerprint density at radius 1 is 0.976 bits per heavy atom. The molecule has 0 saturated carbocycles. The second kappa shape index (κ2) is 16.6. The van der Waals surface area contributed by atoms with Crippen LogP contribution in [0.3, 0.4) is 0 Å². The number of piperazine rings is 1. The van der Waals surface area contributed by atoms with Crippen LogP contribution in [-0.2, 0) is 4.79 Å². The Morgan fingerprint density at radius 2 is 1.68 bits per heavy atom. The molecule has 2 amide bonds. The second-order valence-electron chi connectivity index (χ2n) is 10.0. The Hall–Kier alpha value is -3.65. The lowest BCUT2D eigenvalue weighted by atomic mass is 10.1. The van der Waals surface area contributed by atoms with Gasteiger partial charge in [-0.3, -0.25) is 14.5 Å². The molecule has 41 heavy (non-hydrogen) atoms. The summed E-state index contributed by atoms with van der Waals surface area (Å²) in [6.45, 7) is 12.9. The molecule has 5 rings (SSSR count). The normalized spacial score (nSPS) is 15.1. The maximum atomic E-state index is 14.4. The highest BCUT2D eigenvalue weighted by atomic mass is 19.1. The smallest absolute Gasteiger partial charge is 0.255 e. The summed E-state index contributed by atoms with van der Waals surface area (Å²) in [6, 6.07) is 15.9. The minimum atomic E-state index is -0.414. The third kappa shape index (κ3) is 9.18. The summed E-state index contributed by atoms with van der Waals surface area (Å²) in [5.41, 5.74) is 1.68. The predicted molar refractivity (Wildman–Crippen MR) is 167 cm³/mol. The van der Waals surface area contributed by atoms with Crippen LogP contribution >= 0.6 is 0 Å². The predicted octanol–water partition coefficient (Wildman–Crippen LogP) is 6.47. The summed E-state index contributed by atoms with van der Waals surface area (Å²) in [5.74, 6) is -0.0192. The molecule has 0 aliphatic carbocycles. The van der Waals surface area contributed by atoms with Crippen molar-refractivity contribution < 1.29 is 18.7 Å². The number of amides is 2. The van der Waals surface area contributed by atoms with E-state index >= 15 is 0 Å². The molecule has 0 bridgehead atoms. The van der Waals surface area contributed by atoms with Crippen LogP contribution in [0.4, 0.5) is 15.8 Å². The fraction of sp³-hybridized carbons (Fsp3) is 0.455. The number of nitrogens with one attached hydrogen (secondary N) is 2. The van der Waals surface area contributed by atoms with Crippen molar-refractivity contribution in [3.05, 3.63) is 66.0 Å². The van der Waals surface area contributed by atoms with Gasteiger partial charge in [-0.05, 0) is 49.6 Å². The fourth-order valence-electron chi connectivity index (χ4n) is 4.91. The van der Waals surface area contributed by atoms with Gasteiger partial charge in [-0.15, -0.1) is 0 Å². The molecule has 0 radical (unpaired) electrons. The number of piperidine rings is 1. The van der Waals surface area contributed by atoms with Crippen molar-refractivity contribution in [2.75, 3.05) is 56.1 Å². The first-order chi connectivity index (χ1) is 20.0. The summed E-state index contributed by atoms with van der Waals surface area (Å²) in [4.78, 5) is 28.9. The van der Waals surface area contributed by atoms with Crippen molar-refractivity contribution in [2.24, 2.45) is 0 Å². The average Bonchev–Trinajstić information content (AvgIpc) is 3.00. The maximum Gasteiger partial charge on any atom is 0.255 e. The van der Waals surface area contributed by atoms with Crippen LogP contribution in [0.1, 0.15) is 63.7 Å².